The van der Waals surface area contributed by atoms with Gasteiger partial charge in [0.1, 0.15) is 0 Å². The van der Waals surface area contributed by atoms with Crippen molar-refractivity contribution in [3.63, 3.8) is 0 Å². The van der Waals surface area contributed by atoms with Gasteiger partial charge in [0.15, 0.2) is 0 Å². The average molecular weight is 172 g/mol. The van der Waals surface area contributed by atoms with E-state index >= 15 is 0 Å². The molecule has 0 spiro atoms. The number of carbonyl (C=O) groups is 1. The Morgan fingerprint density at radius 2 is 1.92 bits per heavy atom. The van der Waals surface area contributed by atoms with E-state index in [0.29, 0.717) is 12.8 Å². The normalized spacial score (nSPS) is 39.8. The number of carboxylic acid groups (broad SMARTS) is 1. The van der Waals surface area contributed by atoms with Crippen LogP contribution < -0.4 is 0 Å². The van der Waals surface area contributed by atoms with E-state index in [1.54, 1.807) is 6.92 Å². The summed E-state index contributed by atoms with van der Waals surface area (Å²) in [6, 6.07) is 0. The molecule has 0 unspecified atom stereocenters. The molecule has 2 atom stereocenters. The van der Waals surface area contributed by atoms with Gasteiger partial charge >= 0.3 is 5.97 Å². The SMILES string of the molecule is CC1(C)[C@H](O)CC[C@]1(C)C(=O)O. The molecule has 12 heavy (non-hydrogen) atoms. The van der Waals surface area contributed by atoms with E-state index in [1.807, 2.05) is 13.8 Å². The Hall–Kier alpha value is -0.570. The molecule has 0 aromatic rings. The second-order valence-electron chi connectivity index (χ2n) is 4.41. The van der Waals surface area contributed by atoms with Gasteiger partial charge in [-0.2, -0.15) is 0 Å². The summed E-state index contributed by atoms with van der Waals surface area (Å²) in [5.74, 6) is -0.802. The summed E-state index contributed by atoms with van der Waals surface area (Å²) < 4.78 is 0. The highest BCUT2D eigenvalue weighted by atomic mass is 16.4. The van der Waals surface area contributed by atoms with Gasteiger partial charge in [0, 0.05) is 5.41 Å². The van der Waals surface area contributed by atoms with E-state index in [2.05, 4.69) is 0 Å². The fraction of sp³-hybridized carbons (Fsp3) is 0.889. The minimum Gasteiger partial charge on any atom is -0.481 e. The third-order valence-electron chi connectivity index (χ3n) is 3.64. The van der Waals surface area contributed by atoms with Crippen molar-refractivity contribution in [1.82, 2.24) is 0 Å². The van der Waals surface area contributed by atoms with Crippen molar-refractivity contribution in [2.75, 3.05) is 0 Å². The summed E-state index contributed by atoms with van der Waals surface area (Å²) in [7, 11) is 0. The molecule has 0 heterocycles. The zero-order chi connectivity index (χ0) is 9.57. The quantitative estimate of drug-likeness (QED) is 0.626. The van der Waals surface area contributed by atoms with Gasteiger partial charge in [0.05, 0.1) is 11.5 Å². The van der Waals surface area contributed by atoms with Gasteiger partial charge < -0.3 is 10.2 Å². The lowest BCUT2D eigenvalue weighted by atomic mass is 9.68. The molecule has 3 heteroatoms. The van der Waals surface area contributed by atoms with Crippen LogP contribution in [0.1, 0.15) is 33.6 Å². The van der Waals surface area contributed by atoms with Crippen LogP contribution in [-0.4, -0.2) is 22.3 Å². The summed E-state index contributed by atoms with van der Waals surface area (Å²) >= 11 is 0. The largest absolute Gasteiger partial charge is 0.481 e. The van der Waals surface area contributed by atoms with Crippen LogP contribution in [0.15, 0.2) is 0 Å². The van der Waals surface area contributed by atoms with E-state index < -0.39 is 22.9 Å². The molecular weight excluding hydrogens is 156 g/mol. The topological polar surface area (TPSA) is 57.5 Å². The first-order valence-corrected chi connectivity index (χ1v) is 4.24. The molecule has 1 aliphatic rings. The molecule has 0 aromatic carbocycles. The van der Waals surface area contributed by atoms with E-state index in [-0.39, 0.29) is 0 Å². The fourth-order valence-electron chi connectivity index (χ4n) is 1.86. The molecule has 70 valence electrons. The smallest absolute Gasteiger partial charge is 0.309 e. The van der Waals surface area contributed by atoms with Gasteiger partial charge in [-0.1, -0.05) is 13.8 Å². The minimum atomic E-state index is -0.802. The van der Waals surface area contributed by atoms with Crippen LogP contribution in [0, 0.1) is 10.8 Å². The number of aliphatic carboxylic acids is 1. The summed E-state index contributed by atoms with van der Waals surface area (Å²) in [5.41, 5.74) is -1.29. The van der Waals surface area contributed by atoms with Crippen molar-refractivity contribution < 1.29 is 15.0 Å². The number of carboxylic acids is 1. The number of aliphatic hydroxyl groups excluding tert-OH is 1. The molecule has 2 N–H and O–H groups in total. The van der Waals surface area contributed by atoms with E-state index in [1.165, 1.54) is 0 Å². The maximum Gasteiger partial charge on any atom is 0.309 e. The number of hydrogen-bond acceptors (Lipinski definition) is 2. The Labute approximate surface area is 72.4 Å². The fourth-order valence-corrected chi connectivity index (χ4v) is 1.86. The average Bonchev–Trinajstić information content (AvgIpc) is 2.15. The molecule has 1 rings (SSSR count). The Morgan fingerprint density at radius 3 is 2.08 bits per heavy atom. The van der Waals surface area contributed by atoms with Crippen molar-refractivity contribution in [2.45, 2.75) is 39.7 Å². The lowest BCUT2D eigenvalue weighted by Crippen LogP contribution is -2.42. The van der Waals surface area contributed by atoms with Crippen LogP contribution in [-0.2, 0) is 4.79 Å². The number of hydrogen-bond donors (Lipinski definition) is 2. The maximum atomic E-state index is 11.0. The molecule has 1 fully saturated rings. The third-order valence-corrected chi connectivity index (χ3v) is 3.64. The predicted octanol–water partition coefficient (Wildman–Crippen LogP) is 1.26. The van der Waals surface area contributed by atoms with Crippen molar-refractivity contribution in [2.24, 2.45) is 10.8 Å². The van der Waals surface area contributed by atoms with Crippen LogP contribution in [0.25, 0.3) is 0 Å². The second kappa shape index (κ2) is 2.46. The minimum absolute atomic E-state index is 0.487. The highest BCUT2D eigenvalue weighted by molar-refractivity contribution is 5.75. The molecule has 0 aliphatic heterocycles. The third kappa shape index (κ3) is 0.959. The Morgan fingerprint density at radius 1 is 1.42 bits per heavy atom. The monoisotopic (exact) mass is 172 g/mol. The summed E-state index contributed by atoms with van der Waals surface area (Å²) in [6.45, 7) is 5.35. The van der Waals surface area contributed by atoms with Crippen molar-refractivity contribution in [3.8, 4) is 0 Å². The molecule has 0 saturated heterocycles. The van der Waals surface area contributed by atoms with Crippen LogP contribution in [0.4, 0.5) is 0 Å². The Kier molecular flexibility index (Phi) is 1.95. The molecule has 0 radical (unpaired) electrons. The maximum absolute atomic E-state index is 11.0. The highest BCUT2D eigenvalue weighted by Crippen LogP contribution is 2.52. The first-order valence-electron chi connectivity index (χ1n) is 4.24. The zero-order valence-electron chi connectivity index (χ0n) is 7.79. The molecule has 0 amide bonds. The van der Waals surface area contributed by atoms with Gasteiger partial charge in [-0.05, 0) is 19.8 Å². The molecule has 1 aliphatic carbocycles. The molecule has 1 saturated carbocycles. The summed E-state index contributed by atoms with van der Waals surface area (Å²) in [6.07, 6.45) is 0.672. The van der Waals surface area contributed by atoms with Gasteiger partial charge in [0.25, 0.3) is 0 Å². The van der Waals surface area contributed by atoms with Gasteiger partial charge in [-0.3, -0.25) is 4.79 Å². The van der Waals surface area contributed by atoms with Crippen LogP contribution in [0.5, 0.6) is 0 Å². The van der Waals surface area contributed by atoms with Crippen LogP contribution in [0.2, 0.25) is 0 Å². The van der Waals surface area contributed by atoms with Crippen molar-refractivity contribution in [1.29, 1.82) is 0 Å². The second-order valence-corrected chi connectivity index (χ2v) is 4.41. The standard InChI is InChI=1S/C9H16O3/c1-8(2)6(10)4-5-9(8,3)7(11)12/h6,10H,4-5H2,1-3H3,(H,11,12)/t6-,9-/m1/s1. The molecule has 0 aromatic heterocycles. The number of rotatable bonds is 1. The highest BCUT2D eigenvalue weighted by Gasteiger charge is 2.55. The van der Waals surface area contributed by atoms with Crippen molar-refractivity contribution >= 4 is 5.97 Å². The van der Waals surface area contributed by atoms with Crippen molar-refractivity contribution in [3.05, 3.63) is 0 Å². The van der Waals surface area contributed by atoms with Gasteiger partial charge in [-0.15, -0.1) is 0 Å². The summed E-state index contributed by atoms with van der Waals surface area (Å²) in [5, 5.41) is 18.6. The zero-order valence-corrected chi connectivity index (χ0v) is 7.79. The lowest BCUT2D eigenvalue weighted by molar-refractivity contribution is -0.155. The van der Waals surface area contributed by atoms with Gasteiger partial charge in [-0.25, -0.2) is 0 Å². The molecular formula is C9H16O3. The van der Waals surface area contributed by atoms with Crippen LogP contribution in [0.3, 0.4) is 0 Å². The van der Waals surface area contributed by atoms with E-state index in [4.69, 9.17) is 5.11 Å². The number of aliphatic hydroxyl groups is 1. The van der Waals surface area contributed by atoms with E-state index in [9.17, 15) is 9.90 Å². The Balaban J connectivity index is 3.01. The van der Waals surface area contributed by atoms with Gasteiger partial charge in [0.2, 0.25) is 0 Å². The predicted molar refractivity (Wildman–Crippen MR) is 44.8 cm³/mol. The Bertz CT molecular complexity index is 210. The molecule has 3 nitrogen and oxygen atoms in total. The van der Waals surface area contributed by atoms with E-state index in [0.717, 1.165) is 0 Å². The molecule has 0 bridgehead atoms. The lowest BCUT2D eigenvalue weighted by Gasteiger charge is -2.36. The summed E-state index contributed by atoms with van der Waals surface area (Å²) in [4.78, 5) is 11.0. The van der Waals surface area contributed by atoms with Crippen LogP contribution >= 0.6 is 0 Å². The first kappa shape index (κ1) is 9.52. The first-order chi connectivity index (χ1) is 5.32.